The fourth-order valence-electron chi connectivity index (χ4n) is 3.83. The molecular weight excluding hydrogens is 268 g/mol. The van der Waals surface area contributed by atoms with E-state index in [0.29, 0.717) is 0 Å². The van der Waals surface area contributed by atoms with Gasteiger partial charge in [0.2, 0.25) is 0 Å². The van der Waals surface area contributed by atoms with Gasteiger partial charge in [0.1, 0.15) is 0 Å². The Kier molecular flexibility index (Phi) is 6.26. The van der Waals surface area contributed by atoms with Crippen LogP contribution < -0.4 is 0 Å². The van der Waals surface area contributed by atoms with Crippen molar-refractivity contribution in [2.24, 2.45) is 0 Å². The highest BCUT2D eigenvalue weighted by atomic mass is 16.3. The first-order chi connectivity index (χ1) is 10.6. The van der Waals surface area contributed by atoms with E-state index in [-0.39, 0.29) is 0 Å². The minimum atomic E-state index is -0.552. The highest BCUT2D eigenvalue weighted by Crippen LogP contribution is 2.41. The number of allylic oxidation sites excluding steroid dienone is 1. The molecule has 0 unspecified atom stereocenters. The van der Waals surface area contributed by atoms with Crippen molar-refractivity contribution in [1.82, 2.24) is 0 Å². The smallest absolute Gasteiger partial charge is 0.0862 e. The molecule has 1 N–H and O–H groups in total. The van der Waals surface area contributed by atoms with Crippen LogP contribution in [-0.4, -0.2) is 10.7 Å². The number of rotatable bonds is 6. The van der Waals surface area contributed by atoms with E-state index in [2.05, 4.69) is 45.0 Å². The summed E-state index contributed by atoms with van der Waals surface area (Å²) in [4.78, 5) is 0. The van der Waals surface area contributed by atoms with Crippen LogP contribution in [-0.2, 0) is 0 Å². The fourth-order valence-corrected chi connectivity index (χ4v) is 3.83. The molecule has 0 aromatic heterocycles. The van der Waals surface area contributed by atoms with E-state index in [4.69, 9.17) is 0 Å². The second-order valence-corrected chi connectivity index (χ2v) is 6.92. The lowest BCUT2D eigenvalue weighted by atomic mass is 9.74. The van der Waals surface area contributed by atoms with Gasteiger partial charge in [0, 0.05) is 0 Å². The van der Waals surface area contributed by atoms with Crippen LogP contribution in [0, 0.1) is 6.92 Å². The highest BCUT2D eigenvalue weighted by Gasteiger charge is 2.34. The van der Waals surface area contributed by atoms with E-state index in [1.54, 1.807) is 0 Å². The first-order valence-corrected chi connectivity index (χ1v) is 9.12. The molecule has 0 spiro atoms. The average molecular weight is 300 g/mol. The van der Waals surface area contributed by atoms with Gasteiger partial charge >= 0.3 is 0 Å². The first kappa shape index (κ1) is 17.3. The number of aliphatic hydroxyl groups is 1. The number of hydrogen-bond acceptors (Lipinski definition) is 1. The molecular formula is C21H32O. The maximum Gasteiger partial charge on any atom is 0.0862 e. The van der Waals surface area contributed by atoms with E-state index >= 15 is 0 Å². The molecule has 2 rings (SSSR count). The molecule has 122 valence electrons. The summed E-state index contributed by atoms with van der Waals surface area (Å²) in [6.45, 7) is 6.60. The summed E-state index contributed by atoms with van der Waals surface area (Å²) in [6, 6.07) is 8.86. The van der Waals surface area contributed by atoms with Crippen LogP contribution in [0.25, 0.3) is 5.57 Å². The van der Waals surface area contributed by atoms with Crippen molar-refractivity contribution >= 4 is 5.57 Å². The minimum Gasteiger partial charge on any atom is -0.385 e. The van der Waals surface area contributed by atoms with Gasteiger partial charge in [-0.15, -0.1) is 0 Å². The van der Waals surface area contributed by atoms with Crippen LogP contribution >= 0.6 is 0 Å². The fraction of sp³-hybridized carbons (Fsp3) is 0.619. The molecule has 0 atom stereocenters. The molecule has 1 aliphatic carbocycles. The molecule has 0 bridgehead atoms. The van der Waals surface area contributed by atoms with E-state index in [0.717, 1.165) is 51.4 Å². The zero-order valence-electron chi connectivity index (χ0n) is 14.6. The zero-order chi connectivity index (χ0) is 16.0. The van der Waals surface area contributed by atoms with E-state index in [1.165, 1.54) is 28.7 Å². The van der Waals surface area contributed by atoms with Crippen LogP contribution in [0.5, 0.6) is 0 Å². The third-order valence-electron chi connectivity index (χ3n) is 5.01. The van der Waals surface area contributed by atoms with Crippen molar-refractivity contribution in [2.75, 3.05) is 0 Å². The maximum atomic E-state index is 11.3. The van der Waals surface area contributed by atoms with E-state index in [1.807, 2.05) is 0 Å². The van der Waals surface area contributed by atoms with Gasteiger partial charge in [-0.25, -0.2) is 0 Å². The van der Waals surface area contributed by atoms with Crippen molar-refractivity contribution in [3.63, 3.8) is 0 Å². The highest BCUT2D eigenvalue weighted by molar-refractivity contribution is 5.70. The summed E-state index contributed by atoms with van der Waals surface area (Å²) in [5.41, 5.74) is 4.81. The van der Waals surface area contributed by atoms with Gasteiger partial charge in [0.15, 0.2) is 0 Å². The van der Waals surface area contributed by atoms with E-state index in [9.17, 15) is 5.11 Å². The topological polar surface area (TPSA) is 20.2 Å². The van der Waals surface area contributed by atoms with Gasteiger partial charge in [-0.1, -0.05) is 75.8 Å². The van der Waals surface area contributed by atoms with Crippen LogP contribution in [0.1, 0.15) is 82.8 Å². The lowest BCUT2D eigenvalue weighted by molar-refractivity contribution is 0.0368. The maximum absolute atomic E-state index is 11.3. The van der Waals surface area contributed by atoms with Crippen molar-refractivity contribution in [1.29, 1.82) is 0 Å². The molecule has 0 radical (unpaired) electrons. The second kappa shape index (κ2) is 7.97. The van der Waals surface area contributed by atoms with Gasteiger partial charge in [-0.3, -0.25) is 0 Å². The Morgan fingerprint density at radius 1 is 0.955 bits per heavy atom. The monoisotopic (exact) mass is 300 g/mol. The predicted molar refractivity (Wildman–Crippen MR) is 95.9 cm³/mol. The number of benzene rings is 1. The van der Waals surface area contributed by atoms with Gasteiger partial charge in [-0.05, 0) is 49.3 Å². The summed E-state index contributed by atoms with van der Waals surface area (Å²) < 4.78 is 0. The van der Waals surface area contributed by atoms with Crippen LogP contribution in [0.15, 0.2) is 29.8 Å². The van der Waals surface area contributed by atoms with Crippen LogP contribution in [0.2, 0.25) is 0 Å². The second-order valence-electron chi connectivity index (χ2n) is 6.92. The van der Waals surface area contributed by atoms with Crippen molar-refractivity contribution in [2.45, 2.75) is 84.2 Å². The van der Waals surface area contributed by atoms with Crippen molar-refractivity contribution < 1.29 is 5.11 Å². The van der Waals surface area contributed by atoms with Crippen molar-refractivity contribution in [3.05, 3.63) is 41.0 Å². The standard InChI is InChI=1S/C21H32O/c1-4-9-19(18-13-11-17(3)12-14-18)20(10-5-2)21(22)15-7-6-8-16-21/h11-14,22H,4-10,15-16H2,1-3H3/b20-19-. The van der Waals surface area contributed by atoms with Crippen LogP contribution in [0.3, 0.4) is 0 Å². The molecule has 1 aromatic rings. The summed E-state index contributed by atoms with van der Waals surface area (Å²) in [6.07, 6.45) is 9.83. The molecule has 0 amide bonds. The molecule has 1 aromatic carbocycles. The normalized spacial score (nSPS) is 18.9. The largest absolute Gasteiger partial charge is 0.385 e. The third kappa shape index (κ3) is 4.01. The quantitative estimate of drug-likeness (QED) is 0.678. The molecule has 1 fully saturated rings. The van der Waals surface area contributed by atoms with Gasteiger partial charge in [0.25, 0.3) is 0 Å². The SMILES string of the molecule is CCC/C(=C(\CCC)C1(O)CCCCC1)c1ccc(C)cc1. The molecule has 1 aliphatic rings. The molecule has 1 saturated carbocycles. The number of hydrogen-bond donors (Lipinski definition) is 1. The lowest BCUT2D eigenvalue weighted by Crippen LogP contribution is -2.34. The van der Waals surface area contributed by atoms with E-state index < -0.39 is 5.60 Å². The Hall–Kier alpha value is -1.08. The minimum absolute atomic E-state index is 0.552. The molecule has 0 saturated heterocycles. The Labute approximate surface area is 136 Å². The summed E-state index contributed by atoms with van der Waals surface area (Å²) in [5.74, 6) is 0. The van der Waals surface area contributed by atoms with Crippen molar-refractivity contribution in [3.8, 4) is 0 Å². The Morgan fingerprint density at radius 3 is 2.09 bits per heavy atom. The number of aryl methyl sites for hydroxylation is 1. The Bertz CT molecular complexity index is 489. The molecule has 0 aliphatic heterocycles. The summed E-state index contributed by atoms with van der Waals surface area (Å²) in [5, 5.41) is 11.3. The average Bonchev–Trinajstić information content (AvgIpc) is 2.52. The van der Waals surface area contributed by atoms with Gasteiger partial charge < -0.3 is 5.11 Å². The third-order valence-corrected chi connectivity index (χ3v) is 5.01. The first-order valence-electron chi connectivity index (χ1n) is 9.12. The van der Waals surface area contributed by atoms with Crippen LogP contribution in [0.4, 0.5) is 0 Å². The molecule has 1 nitrogen and oxygen atoms in total. The molecule has 0 heterocycles. The summed E-state index contributed by atoms with van der Waals surface area (Å²) >= 11 is 0. The summed E-state index contributed by atoms with van der Waals surface area (Å²) in [7, 11) is 0. The molecule has 22 heavy (non-hydrogen) atoms. The zero-order valence-corrected chi connectivity index (χ0v) is 14.6. The lowest BCUT2D eigenvalue weighted by Gasteiger charge is -2.37. The Balaban J connectivity index is 2.48. The Morgan fingerprint density at radius 2 is 1.55 bits per heavy atom. The van der Waals surface area contributed by atoms with Gasteiger partial charge in [-0.2, -0.15) is 0 Å². The molecule has 1 heteroatoms. The predicted octanol–water partition coefficient (Wildman–Crippen LogP) is 6.04. The van der Waals surface area contributed by atoms with Gasteiger partial charge in [0.05, 0.1) is 5.60 Å².